The molecule has 2 aliphatic rings. The van der Waals surface area contributed by atoms with Gasteiger partial charge in [0.1, 0.15) is 0 Å². The average molecular weight is 381 g/mol. The van der Waals surface area contributed by atoms with E-state index in [0.29, 0.717) is 16.1 Å². The number of hydrogen-bond acceptors (Lipinski definition) is 4. The van der Waals surface area contributed by atoms with Gasteiger partial charge in [-0.25, -0.2) is 5.43 Å². The fraction of sp³-hybridized carbons (Fsp3) is 0.529. The SMILES string of the molecule is COc1cc(/C=N\NC(=O)[C@@H]2[C@H]3CCCC[C@]32C)cc(Br)c1O. The predicted octanol–water partition coefficient (Wildman–Crippen LogP) is 3.44. The second-order valence-electron chi connectivity index (χ2n) is 6.62. The van der Waals surface area contributed by atoms with Crippen LogP contribution in [-0.2, 0) is 4.79 Å². The molecule has 0 aliphatic heterocycles. The van der Waals surface area contributed by atoms with E-state index >= 15 is 0 Å². The number of hydrogen-bond donors (Lipinski definition) is 2. The van der Waals surface area contributed by atoms with Crippen molar-refractivity contribution >= 4 is 28.1 Å². The summed E-state index contributed by atoms with van der Waals surface area (Å²) in [4.78, 5) is 12.3. The van der Waals surface area contributed by atoms with Crippen LogP contribution in [0.5, 0.6) is 11.5 Å². The normalized spacial score (nSPS) is 29.2. The zero-order valence-corrected chi connectivity index (χ0v) is 14.9. The maximum atomic E-state index is 12.3. The van der Waals surface area contributed by atoms with Crippen LogP contribution in [0.25, 0.3) is 0 Å². The smallest absolute Gasteiger partial charge is 0.244 e. The lowest BCUT2D eigenvalue weighted by Gasteiger charge is -2.15. The number of phenols is 1. The first kappa shape index (κ1) is 16.3. The first-order valence-corrected chi connectivity index (χ1v) is 8.66. The first-order valence-electron chi connectivity index (χ1n) is 7.87. The number of benzene rings is 1. The molecule has 1 amide bonds. The number of carbonyl (C=O) groups excluding carboxylic acids is 1. The van der Waals surface area contributed by atoms with Gasteiger partial charge in [-0.2, -0.15) is 5.10 Å². The largest absolute Gasteiger partial charge is 0.503 e. The first-order chi connectivity index (χ1) is 11.0. The molecule has 6 heteroatoms. The van der Waals surface area contributed by atoms with E-state index in [2.05, 4.69) is 33.4 Å². The Hall–Kier alpha value is -1.56. The van der Waals surface area contributed by atoms with Crippen LogP contribution in [-0.4, -0.2) is 24.3 Å². The van der Waals surface area contributed by atoms with Crippen molar-refractivity contribution in [3.8, 4) is 11.5 Å². The summed E-state index contributed by atoms with van der Waals surface area (Å²) in [5.41, 5.74) is 3.57. The number of rotatable bonds is 4. The summed E-state index contributed by atoms with van der Waals surface area (Å²) >= 11 is 3.26. The van der Waals surface area contributed by atoms with E-state index in [0.717, 1.165) is 18.4 Å². The Morgan fingerprint density at radius 2 is 2.30 bits per heavy atom. The monoisotopic (exact) mass is 380 g/mol. The van der Waals surface area contributed by atoms with E-state index in [4.69, 9.17) is 4.74 Å². The average Bonchev–Trinajstić information content (AvgIpc) is 3.16. The van der Waals surface area contributed by atoms with Gasteiger partial charge >= 0.3 is 0 Å². The summed E-state index contributed by atoms with van der Waals surface area (Å²) in [5, 5.41) is 13.8. The molecule has 124 valence electrons. The maximum Gasteiger partial charge on any atom is 0.244 e. The van der Waals surface area contributed by atoms with Gasteiger partial charge in [0.05, 0.1) is 17.8 Å². The molecule has 3 atom stereocenters. The Balaban J connectivity index is 1.63. The number of methoxy groups -OCH3 is 1. The topological polar surface area (TPSA) is 70.9 Å². The molecule has 0 unspecified atom stereocenters. The third-order valence-electron chi connectivity index (χ3n) is 5.27. The van der Waals surface area contributed by atoms with Gasteiger partial charge in [0.2, 0.25) is 5.91 Å². The number of aromatic hydroxyl groups is 1. The van der Waals surface area contributed by atoms with Crippen LogP contribution >= 0.6 is 15.9 Å². The molecule has 2 N–H and O–H groups in total. The molecule has 5 nitrogen and oxygen atoms in total. The third-order valence-corrected chi connectivity index (χ3v) is 5.88. The lowest BCUT2D eigenvalue weighted by Crippen LogP contribution is -2.22. The second kappa shape index (κ2) is 6.15. The van der Waals surface area contributed by atoms with Crippen LogP contribution in [0, 0.1) is 17.3 Å². The van der Waals surface area contributed by atoms with Gasteiger partial charge in [-0.15, -0.1) is 0 Å². The van der Waals surface area contributed by atoms with Crippen LogP contribution < -0.4 is 10.2 Å². The van der Waals surface area contributed by atoms with E-state index in [9.17, 15) is 9.90 Å². The predicted molar refractivity (Wildman–Crippen MR) is 91.7 cm³/mol. The van der Waals surface area contributed by atoms with Gasteiger partial charge in [-0.3, -0.25) is 4.79 Å². The summed E-state index contributed by atoms with van der Waals surface area (Å²) in [6.45, 7) is 2.22. The highest BCUT2D eigenvalue weighted by molar-refractivity contribution is 9.10. The Morgan fingerprint density at radius 1 is 1.52 bits per heavy atom. The highest BCUT2D eigenvalue weighted by Crippen LogP contribution is 2.66. The molecule has 1 aromatic carbocycles. The summed E-state index contributed by atoms with van der Waals surface area (Å²) in [6, 6.07) is 3.37. The van der Waals surface area contributed by atoms with Gasteiger partial charge in [0, 0.05) is 5.92 Å². The summed E-state index contributed by atoms with van der Waals surface area (Å²) < 4.78 is 5.61. The molecule has 23 heavy (non-hydrogen) atoms. The molecule has 1 aromatic rings. The van der Waals surface area contributed by atoms with Crippen molar-refractivity contribution in [3.05, 3.63) is 22.2 Å². The minimum absolute atomic E-state index is 0.0143. The van der Waals surface area contributed by atoms with Crippen molar-refractivity contribution in [1.82, 2.24) is 5.43 Å². The quantitative estimate of drug-likeness (QED) is 0.620. The number of nitrogens with zero attached hydrogens (tertiary/aromatic N) is 1. The standard InChI is InChI=1S/C17H21BrN2O3/c1-17-6-4-3-5-11(17)14(17)16(22)20-19-9-10-7-12(18)15(21)13(8-10)23-2/h7-9,11,14,21H,3-6H2,1-2H3,(H,20,22)/b19-9-/t11-,14+,17-/m1/s1. The minimum Gasteiger partial charge on any atom is -0.503 e. The lowest BCUT2D eigenvalue weighted by molar-refractivity contribution is -0.123. The van der Waals surface area contributed by atoms with Crippen molar-refractivity contribution in [1.29, 1.82) is 0 Å². The van der Waals surface area contributed by atoms with Crippen molar-refractivity contribution in [2.24, 2.45) is 22.4 Å². The summed E-state index contributed by atoms with van der Waals surface area (Å²) in [5.74, 6) is 1.04. The van der Waals surface area contributed by atoms with Gasteiger partial charge in [-0.05, 0) is 57.8 Å². The Kier molecular flexibility index (Phi) is 4.36. The Bertz CT molecular complexity index is 661. The van der Waals surface area contributed by atoms with E-state index in [1.54, 1.807) is 18.3 Å². The molecule has 0 aromatic heterocycles. The maximum absolute atomic E-state index is 12.3. The molecule has 0 heterocycles. The number of hydrazone groups is 1. The Labute approximate surface area is 144 Å². The minimum atomic E-state index is 0.0143. The van der Waals surface area contributed by atoms with Gasteiger partial charge in [0.25, 0.3) is 0 Å². The third kappa shape index (κ3) is 2.96. The molecule has 0 spiro atoms. The highest BCUT2D eigenvalue weighted by Gasteiger charge is 2.64. The molecule has 2 aliphatic carbocycles. The second-order valence-corrected chi connectivity index (χ2v) is 7.48. The molecule has 0 radical (unpaired) electrons. The molecule has 3 rings (SSSR count). The van der Waals surface area contributed by atoms with Crippen molar-refractivity contribution in [2.75, 3.05) is 7.11 Å². The molecule has 2 fully saturated rings. The molecular formula is C17H21BrN2O3. The van der Waals surface area contributed by atoms with Crippen LogP contribution in [0.1, 0.15) is 38.2 Å². The molecule has 0 bridgehead atoms. The van der Waals surface area contributed by atoms with Gasteiger partial charge < -0.3 is 9.84 Å². The number of amides is 1. The van der Waals surface area contributed by atoms with E-state index < -0.39 is 0 Å². The molecular weight excluding hydrogens is 360 g/mol. The molecule has 2 saturated carbocycles. The highest BCUT2D eigenvalue weighted by atomic mass is 79.9. The number of fused-ring (bicyclic) bond motifs is 1. The van der Waals surface area contributed by atoms with Gasteiger partial charge in [-0.1, -0.05) is 19.8 Å². The summed E-state index contributed by atoms with van der Waals surface area (Å²) in [7, 11) is 1.49. The van der Waals surface area contributed by atoms with Crippen LogP contribution in [0.2, 0.25) is 0 Å². The van der Waals surface area contributed by atoms with E-state index in [1.807, 2.05) is 0 Å². The Morgan fingerprint density at radius 3 is 2.96 bits per heavy atom. The zero-order valence-electron chi connectivity index (χ0n) is 13.3. The number of carbonyl (C=O) groups is 1. The summed E-state index contributed by atoms with van der Waals surface area (Å²) in [6.07, 6.45) is 6.30. The number of nitrogens with one attached hydrogen (secondary N) is 1. The van der Waals surface area contributed by atoms with Crippen LogP contribution in [0.3, 0.4) is 0 Å². The van der Waals surface area contributed by atoms with Crippen molar-refractivity contribution < 1.29 is 14.6 Å². The fourth-order valence-electron chi connectivity index (χ4n) is 3.91. The number of phenolic OH excluding ortho intramolecular Hbond substituents is 1. The van der Waals surface area contributed by atoms with E-state index in [-0.39, 0.29) is 23.0 Å². The van der Waals surface area contributed by atoms with Crippen molar-refractivity contribution in [3.63, 3.8) is 0 Å². The van der Waals surface area contributed by atoms with Crippen LogP contribution in [0.4, 0.5) is 0 Å². The fourth-order valence-corrected chi connectivity index (χ4v) is 4.37. The van der Waals surface area contributed by atoms with Crippen molar-refractivity contribution in [2.45, 2.75) is 32.6 Å². The zero-order chi connectivity index (χ0) is 16.6. The lowest BCUT2D eigenvalue weighted by atomic mass is 9.90. The number of halogens is 1. The molecule has 0 saturated heterocycles. The van der Waals surface area contributed by atoms with E-state index in [1.165, 1.54) is 20.0 Å². The van der Waals surface area contributed by atoms with Crippen LogP contribution in [0.15, 0.2) is 21.7 Å². The number of ether oxygens (including phenoxy) is 1. The van der Waals surface area contributed by atoms with Gasteiger partial charge in [0.15, 0.2) is 11.5 Å².